The fraction of sp³-hybridized carbons (Fsp3) is 0.586. The molecule has 0 aromatic rings. The molecule has 4 nitrogen and oxygen atoms in total. The monoisotopic (exact) mass is 512 g/mol. The predicted octanol–water partition coefficient (Wildman–Crippen LogP) is 7.30. The van der Waals surface area contributed by atoms with E-state index in [1.165, 1.54) is 6.08 Å². The van der Waals surface area contributed by atoms with Crippen LogP contribution < -0.4 is 0 Å². The Labute approximate surface area is 215 Å². The summed E-state index contributed by atoms with van der Waals surface area (Å²) >= 11 is 0. The third-order valence-corrected chi connectivity index (χ3v) is 4.91. The van der Waals surface area contributed by atoms with Crippen molar-refractivity contribution >= 4 is 12.1 Å². The third kappa shape index (κ3) is 19.7. The summed E-state index contributed by atoms with van der Waals surface area (Å²) in [7, 11) is 0. The number of halogens is 3. The lowest BCUT2D eigenvalue weighted by atomic mass is 9.92. The summed E-state index contributed by atoms with van der Waals surface area (Å²) in [4.78, 5) is 21.4. The topological polar surface area (TPSA) is 63.6 Å². The number of allylic oxidation sites excluding steroid dienone is 5. The van der Waals surface area contributed by atoms with Crippen molar-refractivity contribution in [1.82, 2.24) is 0 Å². The summed E-state index contributed by atoms with van der Waals surface area (Å²) in [5.74, 6) is 2.93. The maximum absolute atomic E-state index is 12.6. The molecule has 0 aliphatic heterocycles. The van der Waals surface area contributed by atoms with Gasteiger partial charge in [0.15, 0.2) is 0 Å². The second-order valence-corrected chi connectivity index (χ2v) is 8.61. The Morgan fingerprint density at radius 3 is 2.44 bits per heavy atom. The maximum Gasteiger partial charge on any atom is 0.412 e. The van der Waals surface area contributed by atoms with Gasteiger partial charge in [-0.15, -0.1) is 18.9 Å². The van der Waals surface area contributed by atoms with Crippen LogP contribution in [0.4, 0.5) is 13.2 Å². The molecule has 2 atom stereocenters. The van der Waals surface area contributed by atoms with E-state index >= 15 is 0 Å². The molecular weight excluding hydrogens is 469 g/mol. The Kier molecular flexibility index (Phi) is 21.4. The summed E-state index contributed by atoms with van der Waals surface area (Å²) in [5, 5.41) is 8.06. The van der Waals surface area contributed by atoms with E-state index in [9.17, 15) is 22.8 Å². The second kappa shape index (κ2) is 21.7. The number of aliphatic hydroxyl groups excluding tert-OH is 1. The van der Waals surface area contributed by atoms with Crippen LogP contribution in [-0.4, -0.2) is 36.1 Å². The first-order chi connectivity index (χ1) is 16.9. The van der Waals surface area contributed by atoms with E-state index in [0.29, 0.717) is 19.3 Å². The molecule has 1 aliphatic rings. The first-order valence-corrected chi connectivity index (χ1v) is 12.4. The average molecular weight is 513 g/mol. The average Bonchev–Trinajstić information content (AvgIpc) is 3.14. The molecule has 7 heteroatoms. The van der Waals surface area contributed by atoms with E-state index in [1.807, 2.05) is 12.2 Å². The number of terminal acetylenes is 1. The molecule has 1 aliphatic carbocycles. The van der Waals surface area contributed by atoms with Gasteiger partial charge in [0.2, 0.25) is 0 Å². The van der Waals surface area contributed by atoms with Crippen molar-refractivity contribution in [3.05, 3.63) is 48.3 Å². The number of hydrogen-bond acceptors (Lipinski definition) is 4. The molecule has 1 fully saturated rings. The van der Waals surface area contributed by atoms with Crippen LogP contribution in [0.15, 0.2) is 48.3 Å². The summed E-state index contributed by atoms with van der Waals surface area (Å²) in [5.41, 5.74) is -0.743. The van der Waals surface area contributed by atoms with Crippen molar-refractivity contribution in [1.29, 1.82) is 0 Å². The molecule has 1 N–H and O–H groups in total. The molecule has 0 spiro atoms. The zero-order valence-corrected chi connectivity index (χ0v) is 22.2. The summed E-state index contributed by atoms with van der Waals surface area (Å²) < 4.78 is 43.3. The van der Waals surface area contributed by atoms with Crippen molar-refractivity contribution in [3.8, 4) is 12.3 Å². The van der Waals surface area contributed by atoms with Gasteiger partial charge in [-0.2, -0.15) is 13.2 Å². The minimum Gasteiger partial charge on any atom is -0.494 e. The Morgan fingerprint density at radius 2 is 1.97 bits per heavy atom. The van der Waals surface area contributed by atoms with Gasteiger partial charge in [0, 0.05) is 36.9 Å². The van der Waals surface area contributed by atoms with Crippen LogP contribution in [0.25, 0.3) is 0 Å². The molecule has 1 unspecified atom stereocenters. The lowest BCUT2D eigenvalue weighted by Crippen LogP contribution is -2.12. The van der Waals surface area contributed by atoms with E-state index in [0.717, 1.165) is 45.0 Å². The fourth-order valence-corrected chi connectivity index (χ4v) is 3.07. The van der Waals surface area contributed by atoms with Crippen LogP contribution in [0.3, 0.4) is 0 Å². The maximum atomic E-state index is 12.6. The van der Waals surface area contributed by atoms with Crippen molar-refractivity contribution in [3.63, 3.8) is 0 Å². The smallest absolute Gasteiger partial charge is 0.412 e. The molecule has 0 heterocycles. The van der Waals surface area contributed by atoms with Crippen LogP contribution in [0.1, 0.15) is 79.1 Å². The van der Waals surface area contributed by atoms with Crippen LogP contribution >= 0.6 is 0 Å². The van der Waals surface area contributed by atoms with Crippen molar-refractivity contribution in [2.24, 2.45) is 11.8 Å². The first kappa shape index (κ1) is 35.6. The number of carbonyl (C=O) groups excluding carboxylic acids is 2. The predicted molar refractivity (Wildman–Crippen MR) is 140 cm³/mol. The number of alkyl halides is 3. The van der Waals surface area contributed by atoms with Gasteiger partial charge >= 0.3 is 6.18 Å². The van der Waals surface area contributed by atoms with E-state index < -0.39 is 11.7 Å². The van der Waals surface area contributed by atoms with Gasteiger partial charge in [-0.1, -0.05) is 31.6 Å². The van der Waals surface area contributed by atoms with Crippen molar-refractivity contribution in [2.45, 2.75) is 91.3 Å². The van der Waals surface area contributed by atoms with E-state index in [1.54, 1.807) is 19.9 Å². The van der Waals surface area contributed by atoms with Gasteiger partial charge in [-0.25, -0.2) is 0 Å². The molecule has 36 heavy (non-hydrogen) atoms. The highest BCUT2D eigenvalue weighted by Gasteiger charge is 2.31. The lowest BCUT2D eigenvalue weighted by Gasteiger charge is -2.12. The van der Waals surface area contributed by atoms with Crippen molar-refractivity contribution < 1.29 is 32.6 Å². The van der Waals surface area contributed by atoms with Gasteiger partial charge < -0.3 is 14.6 Å². The Balaban J connectivity index is 0. The minimum absolute atomic E-state index is 0.00637. The van der Waals surface area contributed by atoms with Gasteiger partial charge in [0.25, 0.3) is 0 Å². The van der Waals surface area contributed by atoms with Gasteiger partial charge in [0.05, 0.1) is 6.61 Å². The third-order valence-electron chi connectivity index (χ3n) is 4.91. The molecule has 0 radical (unpaired) electrons. The number of hydrogen-bond donors (Lipinski definition) is 1. The highest BCUT2D eigenvalue weighted by Crippen LogP contribution is 2.32. The molecular formula is C29H43F3O4. The van der Waals surface area contributed by atoms with Crippen LogP contribution in [0.2, 0.25) is 0 Å². The van der Waals surface area contributed by atoms with Crippen LogP contribution in [0.5, 0.6) is 0 Å². The lowest BCUT2D eigenvalue weighted by molar-refractivity contribution is -0.121. The number of unbranched alkanes of at least 4 members (excludes halogenated alkanes) is 2. The molecule has 1 saturated carbocycles. The van der Waals surface area contributed by atoms with Crippen LogP contribution in [-0.2, 0) is 14.3 Å². The zero-order chi connectivity index (χ0) is 28.0. The van der Waals surface area contributed by atoms with E-state index in [-0.39, 0.29) is 42.5 Å². The standard InChI is InChI=1S/C21H25F3O2.C5H10O.C3H8O/c1-4-6-11-18(15-16(3)21(22,23)24)26-14-8-7-10-17-12-13-20(25)19(17)9-5-2;1-2-3-4-5-6;1-3(2)4/h1,5,7,10-11,15,17,19H,2,6,8-9,12-14H2,3H3;5H,2-4H2,1H3;3-4H,1-2H3/b10-7+,16-15+,18-11+;;/t17?,19-;;/m1../s1. The highest BCUT2D eigenvalue weighted by atomic mass is 19.4. The number of Topliss-reactive ketones (excluding diaryl/α,β-unsaturated/α-hetero) is 1. The SMILES string of the molecule is C#CC/C=C(\C=C(/C)C(F)(F)F)OCC/C=C/C1CCC(=O)[C@@H]1CC=C.CC(C)O.CCCCC=O. The molecule has 0 bridgehead atoms. The Hall–Kier alpha value is -2.59. The number of rotatable bonds is 12. The number of carbonyl (C=O) groups is 2. The first-order valence-electron chi connectivity index (χ1n) is 12.4. The number of aldehydes is 1. The van der Waals surface area contributed by atoms with Gasteiger partial charge in [-0.05, 0) is 64.5 Å². The summed E-state index contributed by atoms with van der Waals surface area (Å²) in [6.45, 7) is 10.4. The minimum atomic E-state index is -4.40. The van der Waals surface area contributed by atoms with Crippen LogP contribution in [0, 0.1) is 24.2 Å². The van der Waals surface area contributed by atoms with E-state index in [4.69, 9.17) is 16.3 Å². The molecule has 0 amide bonds. The molecule has 0 aromatic heterocycles. The largest absolute Gasteiger partial charge is 0.494 e. The molecule has 204 valence electrons. The Bertz CT molecular complexity index is 753. The van der Waals surface area contributed by atoms with Gasteiger partial charge in [-0.3, -0.25) is 4.79 Å². The molecule has 0 saturated heterocycles. The normalized spacial score (nSPS) is 18.2. The number of ketones is 1. The van der Waals surface area contributed by atoms with Gasteiger partial charge in [0.1, 0.15) is 17.8 Å². The van der Waals surface area contributed by atoms with E-state index in [2.05, 4.69) is 19.4 Å². The molecule has 0 aromatic carbocycles. The zero-order valence-electron chi connectivity index (χ0n) is 22.2. The molecule has 1 rings (SSSR count). The number of ether oxygens (including phenoxy) is 1. The summed E-state index contributed by atoms with van der Waals surface area (Å²) in [6.07, 6.45) is 15.4. The second-order valence-electron chi connectivity index (χ2n) is 8.61. The van der Waals surface area contributed by atoms with Crippen molar-refractivity contribution in [2.75, 3.05) is 6.61 Å². The highest BCUT2D eigenvalue weighted by molar-refractivity contribution is 5.83. The fourth-order valence-electron chi connectivity index (χ4n) is 3.07. The quantitative estimate of drug-likeness (QED) is 0.0744. The summed E-state index contributed by atoms with van der Waals surface area (Å²) in [6, 6.07) is 0. The Morgan fingerprint density at radius 1 is 1.33 bits per heavy atom. The number of aliphatic hydroxyl groups is 1.